The minimum Gasteiger partial charge on any atom is -0.296 e. The molecule has 1 aliphatic heterocycles. The smallest absolute Gasteiger partial charge is 0.234 e. The summed E-state index contributed by atoms with van der Waals surface area (Å²) in [4.78, 5) is 23.8. The molecular weight excluding hydrogens is 234 g/mol. The Morgan fingerprint density at radius 3 is 2.53 bits per heavy atom. The summed E-state index contributed by atoms with van der Waals surface area (Å²) in [6, 6.07) is 7.93. The predicted molar refractivity (Wildman–Crippen MR) is 68.0 cm³/mol. The van der Waals surface area contributed by atoms with Crippen molar-refractivity contribution in [3.8, 4) is 0 Å². The van der Waals surface area contributed by atoms with Gasteiger partial charge in [-0.1, -0.05) is 19.1 Å². The Bertz CT molecular complexity index is 428. The Kier molecular flexibility index (Phi) is 3.84. The average molecular weight is 249 g/mol. The molecule has 4 heteroatoms. The van der Waals surface area contributed by atoms with Crippen LogP contribution in [0.2, 0.25) is 0 Å². The van der Waals surface area contributed by atoms with Crippen molar-refractivity contribution in [3.05, 3.63) is 29.8 Å². The highest BCUT2D eigenvalue weighted by atomic mass is 32.2. The van der Waals surface area contributed by atoms with Gasteiger partial charge in [-0.05, 0) is 29.9 Å². The van der Waals surface area contributed by atoms with E-state index in [4.69, 9.17) is 0 Å². The first-order valence-corrected chi connectivity index (χ1v) is 6.75. The van der Waals surface area contributed by atoms with Gasteiger partial charge in [-0.2, -0.15) is 0 Å². The summed E-state index contributed by atoms with van der Waals surface area (Å²) in [5, 5.41) is 2.33. The normalized spacial score (nSPS) is 19.5. The number of hydrogen-bond donors (Lipinski definition) is 1. The third-order valence-electron chi connectivity index (χ3n) is 2.72. The van der Waals surface area contributed by atoms with E-state index >= 15 is 0 Å². The van der Waals surface area contributed by atoms with Crippen molar-refractivity contribution in [2.45, 2.75) is 30.6 Å². The van der Waals surface area contributed by atoms with Gasteiger partial charge in [0.25, 0.3) is 0 Å². The molecular formula is C13H15NO2S. The molecule has 1 heterocycles. The van der Waals surface area contributed by atoms with Crippen molar-refractivity contribution >= 4 is 23.6 Å². The topological polar surface area (TPSA) is 46.2 Å². The molecule has 0 spiro atoms. The number of benzene rings is 1. The molecule has 1 unspecified atom stereocenters. The van der Waals surface area contributed by atoms with Crippen LogP contribution >= 0.6 is 11.8 Å². The molecule has 2 amide bonds. The van der Waals surface area contributed by atoms with E-state index in [2.05, 4.69) is 12.2 Å². The van der Waals surface area contributed by atoms with E-state index in [1.165, 1.54) is 4.90 Å². The second-order valence-electron chi connectivity index (χ2n) is 4.09. The summed E-state index contributed by atoms with van der Waals surface area (Å²) in [5.74, 6) is 0.447. The molecule has 1 saturated heterocycles. The Balaban J connectivity index is 2.07. The number of carbonyl (C=O) groups is 2. The first-order chi connectivity index (χ1) is 8.20. The van der Waals surface area contributed by atoms with Crippen LogP contribution in [0.1, 0.15) is 31.2 Å². The number of thioether (sulfide) groups is 1. The standard InChI is InChI=1S/C13H15NO2S/c1-2-7-17-10-5-3-9(4-6-10)11-8-12(15)14-13(11)16/h3-6,11H,2,7-8H2,1H3,(H,14,15,16). The van der Waals surface area contributed by atoms with E-state index in [1.54, 1.807) is 11.8 Å². The highest BCUT2D eigenvalue weighted by molar-refractivity contribution is 7.99. The molecule has 3 nitrogen and oxygen atoms in total. The Labute approximate surface area is 105 Å². The highest BCUT2D eigenvalue weighted by Crippen LogP contribution is 2.27. The van der Waals surface area contributed by atoms with Crippen LogP contribution in [0.15, 0.2) is 29.2 Å². The van der Waals surface area contributed by atoms with Gasteiger partial charge in [0.05, 0.1) is 5.92 Å². The molecule has 1 aromatic rings. The fourth-order valence-electron chi connectivity index (χ4n) is 1.84. The summed E-state index contributed by atoms with van der Waals surface area (Å²) >= 11 is 1.81. The summed E-state index contributed by atoms with van der Waals surface area (Å²) < 4.78 is 0. The van der Waals surface area contributed by atoms with Crippen molar-refractivity contribution in [3.63, 3.8) is 0 Å². The fourth-order valence-corrected chi connectivity index (χ4v) is 2.61. The SMILES string of the molecule is CCCSc1ccc(C2CC(=O)NC2=O)cc1. The van der Waals surface area contributed by atoms with Crippen LogP contribution in [0.4, 0.5) is 0 Å². The predicted octanol–water partition coefficient (Wildman–Crippen LogP) is 2.32. The van der Waals surface area contributed by atoms with Crippen LogP contribution in [0, 0.1) is 0 Å². The Hall–Kier alpha value is -1.29. The number of nitrogens with one attached hydrogen (secondary N) is 1. The van der Waals surface area contributed by atoms with Gasteiger partial charge in [-0.25, -0.2) is 0 Å². The number of carbonyl (C=O) groups excluding carboxylic acids is 2. The van der Waals surface area contributed by atoms with Crippen LogP contribution in [0.3, 0.4) is 0 Å². The third kappa shape index (κ3) is 2.88. The first kappa shape index (κ1) is 12.2. The van der Waals surface area contributed by atoms with E-state index < -0.39 is 0 Å². The summed E-state index contributed by atoms with van der Waals surface area (Å²) in [5.41, 5.74) is 0.925. The summed E-state index contributed by atoms with van der Waals surface area (Å²) in [6.45, 7) is 2.15. The van der Waals surface area contributed by atoms with Crippen molar-refractivity contribution in [1.82, 2.24) is 5.32 Å². The van der Waals surface area contributed by atoms with Gasteiger partial charge in [0, 0.05) is 11.3 Å². The van der Waals surface area contributed by atoms with Gasteiger partial charge in [-0.3, -0.25) is 14.9 Å². The van der Waals surface area contributed by atoms with Gasteiger partial charge in [0.15, 0.2) is 0 Å². The molecule has 17 heavy (non-hydrogen) atoms. The molecule has 90 valence electrons. The van der Waals surface area contributed by atoms with E-state index in [0.717, 1.165) is 17.7 Å². The van der Waals surface area contributed by atoms with Crippen LogP contribution in [0.5, 0.6) is 0 Å². The van der Waals surface area contributed by atoms with Crippen molar-refractivity contribution in [1.29, 1.82) is 0 Å². The quantitative estimate of drug-likeness (QED) is 0.658. The van der Waals surface area contributed by atoms with Crippen molar-refractivity contribution < 1.29 is 9.59 Å². The maximum atomic E-state index is 11.5. The molecule has 1 aromatic carbocycles. The lowest BCUT2D eigenvalue weighted by molar-refractivity contribution is -0.125. The van der Waals surface area contributed by atoms with Crippen LogP contribution in [-0.2, 0) is 9.59 Å². The molecule has 1 N–H and O–H groups in total. The lowest BCUT2D eigenvalue weighted by Crippen LogP contribution is -2.21. The van der Waals surface area contributed by atoms with Gasteiger partial charge >= 0.3 is 0 Å². The monoisotopic (exact) mass is 249 g/mol. The molecule has 0 bridgehead atoms. The Morgan fingerprint density at radius 1 is 1.29 bits per heavy atom. The maximum Gasteiger partial charge on any atom is 0.234 e. The lowest BCUT2D eigenvalue weighted by atomic mass is 9.98. The number of rotatable bonds is 4. The molecule has 2 rings (SSSR count). The molecule has 1 fully saturated rings. The molecule has 1 aliphatic rings. The van der Waals surface area contributed by atoms with E-state index in [0.29, 0.717) is 0 Å². The van der Waals surface area contributed by atoms with E-state index in [-0.39, 0.29) is 24.2 Å². The minimum absolute atomic E-state index is 0.176. The second kappa shape index (κ2) is 5.36. The second-order valence-corrected chi connectivity index (χ2v) is 5.25. The van der Waals surface area contributed by atoms with E-state index in [1.807, 2.05) is 24.3 Å². The summed E-state index contributed by atoms with van der Waals surface area (Å²) in [7, 11) is 0. The molecule has 1 atom stereocenters. The zero-order chi connectivity index (χ0) is 12.3. The Morgan fingerprint density at radius 2 is 2.00 bits per heavy atom. The molecule has 0 aromatic heterocycles. The maximum absolute atomic E-state index is 11.5. The lowest BCUT2D eigenvalue weighted by Gasteiger charge is -2.07. The van der Waals surface area contributed by atoms with Gasteiger partial charge in [-0.15, -0.1) is 11.8 Å². The third-order valence-corrected chi connectivity index (χ3v) is 3.94. The van der Waals surface area contributed by atoms with E-state index in [9.17, 15) is 9.59 Å². The average Bonchev–Trinajstić information content (AvgIpc) is 2.66. The molecule has 0 radical (unpaired) electrons. The first-order valence-electron chi connectivity index (χ1n) is 5.77. The van der Waals surface area contributed by atoms with Crippen molar-refractivity contribution in [2.24, 2.45) is 0 Å². The van der Waals surface area contributed by atoms with Crippen LogP contribution < -0.4 is 5.32 Å². The van der Waals surface area contributed by atoms with Crippen LogP contribution in [-0.4, -0.2) is 17.6 Å². The molecule has 0 saturated carbocycles. The molecule has 0 aliphatic carbocycles. The van der Waals surface area contributed by atoms with Gasteiger partial charge in [0.1, 0.15) is 0 Å². The minimum atomic E-state index is -0.298. The summed E-state index contributed by atoms with van der Waals surface area (Å²) in [6.07, 6.45) is 1.42. The highest BCUT2D eigenvalue weighted by Gasteiger charge is 2.31. The number of imide groups is 1. The van der Waals surface area contributed by atoms with Crippen LogP contribution in [0.25, 0.3) is 0 Å². The van der Waals surface area contributed by atoms with Gasteiger partial charge < -0.3 is 0 Å². The number of hydrogen-bond acceptors (Lipinski definition) is 3. The number of amides is 2. The fraction of sp³-hybridized carbons (Fsp3) is 0.385. The van der Waals surface area contributed by atoms with Crippen molar-refractivity contribution in [2.75, 3.05) is 5.75 Å². The zero-order valence-corrected chi connectivity index (χ0v) is 10.5. The largest absolute Gasteiger partial charge is 0.296 e. The van der Waals surface area contributed by atoms with Gasteiger partial charge in [0.2, 0.25) is 11.8 Å². The zero-order valence-electron chi connectivity index (χ0n) is 9.73.